The van der Waals surface area contributed by atoms with Crippen LogP contribution in [0.5, 0.6) is 0 Å². The smallest absolute Gasteiger partial charge is 0.123 e. The second kappa shape index (κ2) is 4.63. The van der Waals surface area contributed by atoms with Crippen LogP contribution in [-0.4, -0.2) is 18.7 Å². The Bertz CT molecular complexity index is 440. The Morgan fingerprint density at radius 1 is 1.33 bits per heavy atom. The highest BCUT2D eigenvalue weighted by Gasteiger charge is 2.40. The van der Waals surface area contributed by atoms with Gasteiger partial charge in [-0.05, 0) is 43.0 Å². The summed E-state index contributed by atoms with van der Waals surface area (Å²) in [5, 5.41) is 3.49. The molecule has 1 saturated carbocycles. The van der Waals surface area contributed by atoms with Crippen molar-refractivity contribution >= 4 is 0 Å². The van der Waals surface area contributed by atoms with E-state index in [1.807, 2.05) is 13.0 Å². The van der Waals surface area contributed by atoms with Crippen LogP contribution in [0.2, 0.25) is 0 Å². The van der Waals surface area contributed by atoms with E-state index in [1.165, 1.54) is 18.9 Å². The molecule has 2 fully saturated rings. The Morgan fingerprint density at radius 2 is 2.11 bits per heavy atom. The first kappa shape index (κ1) is 12.1. The van der Waals surface area contributed by atoms with E-state index in [4.69, 9.17) is 4.74 Å². The second-order valence-electron chi connectivity index (χ2n) is 5.63. The Morgan fingerprint density at radius 3 is 2.83 bits per heavy atom. The molecule has 3 rings (SSSR count). The summed E-state index contributed by atoms with van der Waals surface area (Å²) in [6.07, 6.45) is 4.89. The molecule has 1 aromatic carbocycles. The topological polar surface area (TPSA) is 21.3 Å². The number of ether oxygens (including phenoxy) is 1. The first-order valence-corrected chi connectivity index (χ1v) is 6.83. The van der Waals surface area contributed by atoms with Crippen molar-refractivity contribution in [3.8, 4) is 0 Å². The van der Waals surface area contributed by atoms with E-state index in [9.17, 15) is 4.39 Å². The molecule has 3 heteroatoms. The van der Waals surface area contributed by atoms with E-state index in [0.29, 0.717) is 0 Å². The van der Waals surface area contributed by atoms with Crippen molar-refractivity contribution in [3.05, 3.63) is 35.1 Å². The second-order valence-corrected chi connectivity index (χ2v) is 5.63. The van der Waals surface area contributed by atoms with Crippen molar-refractivity contribution in [2.45, 2.75) is 44.3 Å². The van der Waals surface area contributed by atoms with Crippen LogP contribution >= 0.6 is 0 Å². The van der Waals surface area contributed by atoms with Crippen molar-refractivity contribution in [2.24, 2.45) is 0 Å². The van der Waals surface area contributed by atoms with Crippen LogP contribution in [-0.2, 0) is 4.74 Å². The maximum Gasteiger partial charge on any atom is 0.123 e. The molecule has 0 aromatic heterocycles. The van der Waals surface area contributed by atoms with E-state index in [-0.39, 0.29) is 17.5 Å². The lowest BCUT2D eigenvalue weighted by molar-refractivity contribution is -0.114. The van der Waals surface area contributed by atoms with Crippen LogP contribution in [0.15, 0.2) is 18.2 Å². The Balaban J connectivity index is 1.83. The summed E-state index contributed by atoms with van der Waals surface area (Å²) in [5.41, 5.74) is 2.13. The zero-order valence-corrected chi connectivity index (χ0v) is 10.8. The first-order chi connectivity index (χ1) is 8.69. The number of morpholine rings is 1. The van der Waals surface area contributed by atoms with Gasteiger partial charge in [-0.2, -0.15) is 0 Å². The van der Waals surface area contributed by atoms with Crippen LogP contribution < -0.4 is 5.32 Å². The molecule has 0 amide bonds. The fourth-order valence-electron chi connectivity index (χ4n) is 3.30. The summed E-state index contributed by atoms with van der Waals surface area (Å²) in [6.45, 7) is 3.75. The van der Waals surface area contributed by atoms with Crippen molar-refractivity contribution < 1.29 is 9.13 Å². The van der Waals surface area contributed by atoms with Crippen LogP contribution in [0, 0.1) is 12.7 Å². The van der Waals surface area contributed by atoms with Crippen molar-refractivity contribution in [1.29, 1.82) is 0 Å². The summed E-state index contributed by atoms with van der Waals surface area (Å²) < 4.78 is 19.5. The monoisotopic (exact) mass is 249 g/mol. The lowest BCUT2D eigenvalue weighted by atomic mass is 9.96. The summed E-state index contributed by atoms with van der Waals surface area (Å²) in [7, 11) is 0. The molecular weight excluding hydrogens is 229 g/mol. The molecule has 1 aromatic rings. The largest absolute Gasteiger partial charge is 0.364 e. The van der Waals surface area contributed by atoms with Gasteiger partial charge in [-0.25, -0.2) is 4.39 Å². The fraction of sp³-hybridized carbons (Fsp3) is 0.600. The number of nitrogens with one attached hydrogen (secondary N) is 1. The molecule has 1 saturated heterocycles. The fourth-order valence-corrected chi connectivity index (χ4v) is 3.30. The summed E-state index contributed by atoms with van der Waals surface area (Å²) >= 11 is 0. The van der Waals surface area contributed by atoms with E-state index in [0.717, 1.165) is 37.1 Å². The average Bonchev–Trinajstić information content (AvgIpc) is 2.77. The predicted octanol–water partition coefficient (Wildman–Crippen LogP) is 3.11. The van der Waals surface area contributed by atoms with E-state index in [2.05, 4.69) is 5.32 Å². The molecule has 0 bridgehead atoms. The van der Waals surface area contributed by atoms with Gasteiger partial charge in [0.1, 0.15) is 5.82 Å². The molecule has 1 spiro atoms. The Labute approximate surface area is 108 Å². The van der Waals surface area contributed by atoms with Crippen LogP contribution in [0.3, 0.4) is 0 Å². The van der Waals surface area contributed by atoms with E-state index < -0.39 is 0 Å². The maximum absolute atomic E-state index is 13.2. The molecule has 2 nitrogen and oxygen atoms in total. The first-order valence-electron chi connectivity index (χ1n) is 6.83. The highest BCUT2D eigenvalue weighted by molar-refractivity contribution is 5.29. The SMILES string of the molecule is Cc1cc(F)ccc1C1CNCC2(CCCC2)O1. The standard InChI is InChI=1S/C15H20FNO/c1-11-8-12(16)4-5-13(11)14-9-17-10-15(18-14)6-2-3-7-15/h4-5,8,14,17H,2-3,6-7,9-10H2,1H3. The highest BCUT2D eigenvalue weighted by atomic mass is 19.1. The van der Waals surface area contributed by atoms with Crippen LogP contribution in [0.4, 0.5) is 4.39 Å². The predicted molar refractivity (Wildman–Crippen MR) is 69.0 cm³/mol. The van der Waals surface area contributed by atoms with Gasteiger partial charge in [0.25, 0.3) is 0 Å². The number of rotatable bonds is 1. The number of hydrogen-bond donors (Lipinski definition) is 1. The molecule has 1 N–H and O–H groups in total. The van der Waals surface area contributed by atoms with Crippen molar-refractivity contribution in [3.63, 3.8) is 0 Å². The number of aryl methyl sites for hydroxylation is 1. The molecule has 1 aliphatic heterocycles. The van der Waals surface area contributed by atoms with Gasteiger partial charge in [-0.15, -0.1) is 0 Å². The van der Waals surface area contributed by atoms with Crippen molar-refractivity contribution in [1.82, 2.24) is 5.32 Å². The van der Waals surface area contributed by atoms with Gasteiger partial charge in [-0.1, -0.05) is 18.9 Å². The quantitative estimate of drug-likeness (QED) is 0.825. The van der Waals surface area contributed by atoms with Gasteiger partial charge < -0.3 is 10.1 Å². The van der Waals surface area contributed by atoms with Gasteiger partial charge in [-0.3, -0.25) is 0 Å². The molecule has 18 heavy (non-hydrogen) atoms. The highest BCUT2D eigenvalue weighted by Crippen LogP contribution is 2.39. The zero-order chi connectivity index (χ0) is 12.6. The third kappa shape index (κ3) is 2.17. The molecule has 1 atom stereocenters. The molecule has 1 aliphatic carbocycles. The summed E-state index contributed by atoms with van der Waals surface area (Å²) in [4.78, 5) is 0. The molecular formula is C15H20FNO. The number of hydrogen-bond acceptors (Lipinski definition) is 2. The van der Waals surface area contributed by atoms with Crippen LogP contribution in [0.25, 0.3) is 0 Å². The van der Waals surface area contributed by atoms with Crippen molar-refractivity contribution in [2.75, 3.05) is 13.1 Å². The molecule has 2 aliphatic rings. The zero-order valence-electron chi connectivity index (χ0n) is 10.8. The minimum atomic E-state index is -0.171. The van der Waals surface area contributed by atoms with Crippen LogP contribution in [0.1, 0.15) is 42.9 Å². The average molecular weight is 249 g/mol. The minimum Gasteiger partial charge on any atom is -0.364 e. The van der Waals surface area contributed by atoms with Gasteiger partial charge in [0.2, 0.25) is 0 Å². The van der Waals surface area contributed by atoms with Gasteiger partial charge >= 0.3 is 0 Å². The summed E-state index contributed by atoms with van der Waals surface area (Å²) in [5.74, 6) is -0.171. The Hall–Kier alpha value is -0.930. The van der Waals surface area contributed by atoms with E-state index in [1.54, 1.807) is 6.07 Å². The van der Waals surface area contributed by atoms with Gasteiger partial charge in [0.05, 0.1) is 11.7 Å². The molecule has 1 heterocycles. The number of benzene rings is 1. The maximum atomic E-state index is 13.2. The molecule has 98 valence electrons. The minimum absolute atomic E-state index is 0.0315. The Kier molecular flexibility index (Phi) is 3.12. The molecule has 1 unspecified atom stereocenters. The third-order valence-corrected chi connectivity index (χ3v) is 4.26. The third-order valence-electron chi connectivity index (χ3n) is 4.26. The van der Waals surface area contributed by atoms with Gasteiger partial charge in [0.15, 0.2) is 0 Å². The van der Waals surface area contributed by atoms with Gasteiger partial charge in [0, 0.05) is 13.1 Å². The lowest BCUT2D eigenvalue weighted by Gasteiger charge is -2.40. The number of halogens is 1. The summed E-state index contributed by atoms with van der Waals surface area (Å²) in [6, 6.07) is 4.99. The molecule has 0 radical (unpaired) electrons. The van der Waals surface area contributed by atoms with E-state index >= 15 is 0 Å². The normalized spacial score (nSPS) is 26.7. The lowest BCUT2D eigenvalue weighted by Crippen LogP contribution is -2.49.